The van der Waals surface area contributed by atoms with Gasteiger partial charge in [-0.2, -0.15) is 0 Å². The minimum atomic E-state index is 0.644. The predicted octanol–water partition coefficient (Wildman–Crippen LogP) is 2.81. The summed E-state index contributed by atoms with van der Waals surface area (Å²) < 4.78 is 0. The minimum absolute atomic E-state index is 0.644. The smallest absolute Gasteiger partial charge is 0.0702 e. The predicted molar refractivity (Wildman–Crippen MR) is 83.7 cm³/mol. The Morgan fingerprint density at radius 3 is 3.10 bits per heavy atom. The third kappa shape index (κ3) is 3.00. The molecule has 0 radical (unpaired) electrons. The van der Waals surface area contributed by atoms with Crippen LogP contribution in [0, 0.1) is 0 Å². The van der Waals surface area contributed by atoms with E-state index in [1.165, 1.54) is 30.3 Å². The second kappa shape index (κ2) is 5.90. The van der Waals surface area contributed by atoms with Crippen molar-refractivity contribution in [2.75, 3.05) is 13.6 Å². The molecule has 0 bridgehead atoms. The highest BCUT2D eigenvalue weighted by atomic mass is 15.1. The van der Waals surface area contributed by atoms with Crippen molar-refractivity contribution in [1.82, 2.24) is 15.2 Å². The Morgan fingerprint density at radius 1 is 1.35 bits per heavy atom. The van der Waals surface area contributed by atoms with Gasteiger partial charge in [0.1, 0.15) is 0 Å². The summed E-state index contributed by atoms with van der Waals surface area (Å²) in [6.07, 6.45) is 4.34. The van der Waals surface area contributed by atoms with Crippen LogP contribution in [0.2, 0.25) is 0 Å². The number of rotatable bonds is 3. The number of nitrogens with one attached hydrogen (secondary N) is 1. The van der Waals surface area contributed by atoms with E-state index in [4.69, 9.17) is 0 Å². The normalized spacial score (nSPS) is 24.1. The van der Waals surface area contributed by atoms with Crippen molar-refractivity contribution in [3.63, 3.8) is 0 Å². The van der Waals surface area contributed by atoms with Crippen molar-refractivity contribution in [1.29, 1.82) is 0 Å². The summed E-state index contributed by atoms with van der Waals surface area (Å²) >= 11 is 0. The van der Waals surface area contributed by atoms with E-state index >= 15 is 0 Å². The fourth-order valence-corrected chi connectivity index (χ4v) is 2.97. The zero-order valence-electron chi connectivity index (χ0n) is 12.3. The van der Waals surface area contributed by atoms with E-state index in [0.717, 1.165) is 12.1 Å². The number of nitrogens with zero attached hydrogens (tertiary/aromatic N) is 2. The summed E-state index contributed by atoms with van der Waals surface area (Å²) in [5.74, 6) is 0. The fourth-order valence-electron chi connectivity index (χ4n) is 2.97. The van der Waals surface area contributed by atoms with Crippen LogP contribution in [-0.4, -0.2) is 35.6 Å². The van der Waals surface area contributed by atoms with E-state index in [9.17, 15) is 0 Å². The van der Waals surface area contributed by atoms with E-state index in [1.54, 1.807) is 0 Å². The largest absolute Gasteiger partial charge is 0.310 e. The van der Waals surface area contributed by atoms with Gasteiger partial charge in [-0.25, -0.2) is 0 Å². The van der Waals surface area contributed by atoms with Gasteiger partial charge in [0.05, 0.1) is 5.52 Å². The summed E-state index contributed by atoms with van der Waals surface area (Å²) in [5.41, 5.74) is 2.42. The molecule has 2 heterocycles. The summed E-state index contributed by atoms with van der Waals surface area (Å²) in [6.45, 7) is 4.46. The maximum atomic E-state index is 4.36. The maximum absolute atomic E-state index is 4.36. The highest BCUT2D eigenvalue weighted by Crippen LogP contribution is 2.17. The molecule has 2 atom stereocenters. The lowest BCUT2D eigenvalue weighted by molar-refractivity contribution is 0.168. The zero-order valence-corrected chi connectivity index (χ0v) is 12.3. The fraction of sp³-hybridized carbons (Fsp3) is 0.471. The van der Waals surface area contributed by atoms with Gasteiger partial charge in [-0.05, 0) is 57.1 Å². The van der Waals surface area contributed by atoms with Crippen molar-refractivity contribution >= 4 is 10.9 Å². The van der Waals surface area contributed by atoms with E-state index in [2.05, 4.69) is 53.4 Å². The van der Waals surface area contributed by atoms with E-state index in [1.807, 2.05) is 12.3 Å². The number of piperidine rings is 1. The lowest BCUT2D eigenvalue weighted by atomic mass is 9.98. The molecule has 2 aromatic rings. The molecule has 20 heavy (non-hydrogen) atoms. The molecule has 1 aliphatic heterocycles. The molecule has 106 valence electrons. The van der Waals surface area contributed by atoms with Crippen molar-refractivity contribution in [3.05, 3.63) is 42.1 Å². The topological polar surface area (TPSA) is 28.2 Å². The Hall–Kier alpha value is -1.45. The number of hydrogen-bond donors (Lipinski definition) is 1. The molecule has 1 N–H and O–H groups in total. The molecular weight excluding hydrogens is 246 g/mol. The SMILES string of the molecule is CC1CC(NCc2ccc3ncccc3c2)CCN1C. The van der Waals surface area contributed by atoms with Gasteiger partial charge in [0.2, 0.25) is 0 Å². The summed E-state index contributed by atoms with van der Waals surface area (Å²) in [6, 6.07) is 12.0. The molecule has 1 fully saturated rings. The van der Waals surface area contributed by atoms with Gasteiger partial charge in [-0.15, -0.1) is 0 Å². The Kier molecular flexibility index (Phi) is 3.99. The summed E-state index contributed by atoms with van der Waals surface area (Å²) in [7, 11) is 2.22. The molecule has 0 saturated carbocycles. The van der Waals surface area contributed by atoms with Gasteiger partial charge < -0.3 is 10.2 Å². The van der Waals surface area contributed by atoms with Crippen LogP contribution in [0.3, 0.4) is 0 Å². The zero-order chi connectivity index (χ0) is 13.9. The molecule has 1 saturated heterocycles. The van der Waals surface area contributed by atoms with E-state index in [0.29, 0.717) is 12.1 Å². The number of hydrogen-bond acceptors (Lipinski definition) is 3. The molecule has 3 rings (SSSR count). The molecule has 0 aliphatic carbocycles. The van der Waals surface area contributed by atoms with Crippen LogP contribution in [0.4, 0.5) is 0 Å². The quantitative estimate of drug-likeness (QED) is 0.928. The van der Waals surface area contributed by atoms with Crippen LogP contribution in [0.5, 0.6) is 0 Å². The number of fused-ring (bicyclic) bond motifs is 1. The molecule has 2 unspecified atom stereocenters. The molecule has 0 spiro atoms. The highest BCUT2D eigenvalue weighted by Gasteiger charge is 2.21. The molecule has 1 aromatic carbocycles. The number of pyridine rings is 1. The standard InChI is InChI=1S/C17H23N3/c1-13-10-16(7-9-20(13)2)19-12-14-5-6-17-15(11-14)4-3-8-18-17/h3-6,8,11,13,16,19H,7,9-10,12H2,1-2H3. The van der Waals surface area contributed by atoms with Crippen LogP contribution in [0.15, 0.2) is 36.5 Å². The monoisotopic (exact) mass is 269 g/mol. The highest BCUT2D eigenvalue weighted by molar-refractivity contribution is 5.78. The van der Waals surface area contributed by atoms with Gasteiger partial charge in [0, 0.05) is 30.2 Å². The van der Waals surface area contributed by atoms with Crippen LogP contribution in [0.25, 0.3) is 10.9 Å². The Balaban J connectivity index is 1.62. The first-order chi connectivity index (χ1) is 9.72. The lowest BCUT2D eigenvalue weighted by Crippen LogP contribution is -2.45. The van der Waals surface area contributed by atoms with Crippen molar-refractivity contribution < 1.29 is 0 Å². The van der Waals surface area contributed by atoms with Crippen molar-refractivity contribution in [3.8, 4) is 0 Å². The number of likely N-dealkylation sites (tertiary alicyclic amines) is 1. The molecule has 3 nitrogen and oxygen atoms in total. The Morgan fingerprint density at radius 2 is 2.25 bits per heavy atom. The molecule has 1 aromatic heterocycles. The third-order valence-corrected chi connectivity index (χ3v) is 4.47. The Labute approximate surface area is 121 Å². The van der Waals surface area contributed by atoms with Gasteiger partial charge in [0.15, 0.2) is 0 Å². The number of aromatic nitrogens is 1. The van der Waals surface area contributed by atoms with Crippen molar-refractivity contribution in [2.24, 2.45) is 0 Å². The second-order valence-corrected chi connectivity index (χ2v) is 5.96. The van der Waals surface area contributed by atoms with E-state index in [-0.39, 0.29) is 0 Å². The third-order valence-electron chi connectivity index (χ3n) is 4.47. The summed E-state index contributed by atoms with van der Waals surface area (Å²) in [4.78, 5) is 6.81. The number of benzene rings is 1. The second-order valence-electron chi connectivity index (χ2n) is 5.96. The van der Waals surface area contributed by atoms with Crippen LogP contribution < -0.4 is 5.32 Å². The Bertz CT molecular complexity index is 581. The average Bonchev–Trinajstić information content (AvgIpc) is 2.48. The van der Waals surface area contributed by atoms with Crippen LogP contribution in [0.1, 0.15) is 25.3 Å². The molecule has 3 heteroatoms. The first kappa shape index (κ1) is 13.5. The lowest BCUT2D eigenvalue weighted by Gasteiger charge is -2.35. The molecular formula is C17H23N3. The molecule has 0 amide bonds. The van der Waals surface area contributed by atoms with Crippen molar-refractivity contribution in [2.45, 2.75) is 38.4 Å². The molecule has 1 aliphatic rings. The van der Waals surface area contributed by atoms with Crippen LogP contribution in [-0.2, 0) is 6.54 Å². The van der Waals surface area contributed by atoms with Gasteiger partial charge >= 0.3 is 0 Å². The maximum Gasteiger partial charge on any atom is 0.0702 e. The average molecular weight is 269 g/mol. The first-order valence-corrected chi connectivity index (χ1v) is 7.49. The van der Waals surface area contributed by atoms with Gasteiger partial charge in [0.25, 0.3) is 0 Å². The summed E-state index contributed by atoms with van der Waals surface area (Å²) in [5, 5.41) is 4.93. The first-order valence-electron chi connectivity index (χ1n) is 7.49. The van der Waals surface area contributed by atoms with Gasteiger partial charge in [-0.1, -0.05) is 12.1 Å². The minimum Gasteiger partial charge on any atom is -0.310 e. The van der Waals surface area contributed by atoms with E-state index < -0.39 is 0 Å². The van der Waals surface area contributed by atoms with Crippen LogP contribution >= 0.6 is 0 Å². The van der Waals surface area contributed by atoms with Gasteiger partial charge in [-0.3, -0.25) is 4.98 Å².